The van der Waals surface area contributed by atoms with E-state index in [0.29, 0.717) is 0 Å². The molecule has 7 nitrogen and oxygen atoms in total. The first-order valence-electron chi connectivity index (χ1n) is 7.97. The van der Waals surface area contributed by atoms with Crippen LogP contribution in [0.1, 0.15) is 26.4 Å². The smallest absolute Gasteiger partial charge is 0.276 e. The number of anilines is 1. The Balaban J connectivity index is 1.83. The van der Waals surface area contributed by atoms with E-state index >= 15 is 0 Å². The van der Waals surface area contributed by atoms with Crippen molar-refractivity contribution >= 4 is 17.5 Å². The number of hydrogen-bond donors (Lipinski definition) is 2. The van der Waals surface area contributed by atoms with Crippen LogP contribution in [-0.2, 0) is 6.54 Å². The van der Waals surface area contributed by atoms with Gasteiger partial charge < -0.3 is 11.1 Å². The maximum Gasteiger partial charge on any atom is 0.276 e. The molecule has 3 N–H and O–H groups in total. The van der Waals surface area contributed by atoms with Crippen LogP contribution in [-0.4, -0.2) is 21.6 Å². The van der Waals surface area contributed by atoms with Crippen LogP contribution in [0.2, 0.25) is 0 Å². The summed E-state index contributed by atoms with van der Waals surface area (Å²) in [7, 11) is 0. The highest BCUT2D eigenvalue weighted by Crippen LogP contribution is 2.15. The van der Waals surface area contributed by atoms with Gasteiger partial charge in [-0.05, 0) is 29.8 Å². The number of primary amides is 1. The molecular formula is C19H15FN4O3. The predicted molar refractivity (Wildman–Crippen MR) is 96.9 cm³/mol. The average molecular weight is 366 g/mol. The number of carbonyl (C=O) groups excluding carboxylic acids is 2. The van der Waals surface area contributed by atoms with Gasteiger partial charge in [0.05, 0.1) is 12.1 Å². The van der Waals surface area contributed by atoms with Crippen LogP contribution in [0.4, 0.5) is 10.1 Å². The Kier molecular flexibility index (Phi) is 5.07. The van der Waals surface area contributed by atoms with Crippen molar-refractivity contribution in [3.05, 3.63) is 93.7 Å². The van der Waals surface area contributed by atoms with Crippen LogP contribution < -0.4 is 16.6 Å². The summed E-state index contributed by atoms with van der Waals surface area (Å²) in [5, 5.41) is 6.57. The molecule has 136 valence electrons. The third-order valence-electron chi connectivity index (χ3n) is 3.76. The summed E-state index contributed by atoms with van der Waals surface area (Å²) >= 11 is 0. The topological polar surface area (TPSA) is 107 Å². The zero-order valence-corrected chi connectivity index (χ0v) is 14.1. The summed E-state index contributed by atoms with van der Waals surface area (Å²) in [6.07, 6.45) is 0. The Morgan fingerprint density at radius 3 is 2.52 bits per heavy atom. The van der Waals surface area contributed by atoms with Gasteiger partial charge in [0.25, 0.3) is 17.4 Å². The number of aromatic nitrogens is 2. The molecule has 27 heavy (non-hydrogen) atoms. The van der Waals surface area contributed by atoms with Crippen LogP contribution >= 0.6 is 0 Å². The van der Waals surface area contributed by atoms with Crippen molar-refractivity contribution in [3.63, 3.8) is 0 Å². The van der Waals surface area contributed by atoms with Crippen LogP contribution in [0.25, 0.3) is 0 Å². The Morgan fingerprint density at radius 2 is 1.81 bits per heavy atom. The summed E-state index contributed by atoms with van der Waals surface area (Å²) < 4.78 is 14.7. The van der Waals surface area contributed by atoms with Gasteiger partial charge in [0.1, 0.15) is 11.5 Å². The minimum atomic E-state index is -0.946. The third kappa shape index (κ3) is 4.24. The summed E-state index contributed by atoms with van der Waals surface area (Å²) in [5.41, 5.74) is 5.43. The molecule has 0 radical (unpaired) electrons. The summed E-state index contributed by atoms with van der Waals surface area (Å²) in [4.78, 5) is 35.6. The highest BCUT2D eigenvalue weighted by molar-refractivity contribution is 6.03. The van der Waals surface area contributed by atoms with Gasteiger partial charge >= 0.3 is 0 Å². The van der Waals surface area contributed by atoms with E-state index in [0.717, 1.165) is 17.7 Å². The van der Waals surface area contributed by atoms with Crippen LogP contribution in [0.5, 0.6) is 0 Å². The van der Waals surface area contributed by atoms with Gasteiger partial charge in [-0.25, -0.2) is 9.07 Å². The lowest BCUT2D eigenvalue weighted by Gasteiger charge is -2.09. The van der Waals surface area contributed by atoms with E-state index < -0.39 is 17.6 Å². The molecule has 0 aliphatic rings. The van der Waals surface area contributed by atoms with Gasteiger partial charge in [-0.3, -0.25) is 14.4 Å². The van der Waals surface area contributed by atoms with Gasteiger partial charge in [0, 0.05) is 11.8 Å². The quantitative estimate of drug-likeness (QED) is 0.718. The number of rotatable bonds is 5. The first-order chi connectivity index (χ1) is 12.9. The third-order valence-corrected chi connectivity index (χ3v) is 3.76. The van der Waals surface area contributed by atoms with Crippen LogP contribution in [0.15, 0.2) is 65.5 Å². The van der Waals surface area contributed by atoms with E-state index in [4.69, 9.17) is 5.73 Å². The predicted octanol–water partition coefficient (Wildman–Crippen LogP) is 1.78. The highest BCUT2D eigenvalue weighted by Gasteiger charge is 2.13. The van der Waals surface area contributed by atoms with Crippen molar-refractivity contribution in [2.24, 2.45) is 5.73 Å². The molecule has 0 aliphatic heterocycles. The fourth-order valence-electron chi connectivity index (χ4n) is 2.43. The second-order valence-corrected chi connectivity index (χ2v) is 5.71. The van der Waals surface area contributed by atoms with Crippen LogP contribution in [0.3, 0.4) is 0 Å². The number of amides is 2. The molecule has 8 heteroatoms. The molecular weight excluding hydrogens is 351 g/mol. The van der Waals surface area contributed by atoms with Crippen molar-refractivity contribution in [1.82, 2.24) is 9.78 Å². The fraction of sp³-hybridized carbons (Fsp3) is 0.0526. The maximum absolute atomic E-state index is 13.5. The van der Waals surface area contributed by atoms with Gasteiger partial charge in [-0.2, -0.15) is 5.10 Å². The molecule has 0 aliphatic carbocycles. The molecule has 3 aromatic rings. The molecule has 0 saturated heterocycles. The molecule has 0 bridgehead atoms. The lowest BCUT2D eigenvalue weighted by Crippen LogP contribution is -2.26. The molecule has 0 spiro atoms. The Morgan fingerprint density at radius 1 is 1.07 bits per heavy atom. The normalized spacial score (nSPS) is 10.4. The summed E-state index contributed by atoms with van der Waals surface area (Å²) in [6.45, 7) is 0.211. The fourth-order valence-corrected chi connectivity index (χ4v) is 2.43. The molecule has 1 aromatic heterocycles. The second-order valence-electron chi connectivity index (χ2n) is 5.71. The van der Waals surface area contributed by atoms with Crippen molar-refractivity contribution in [1.29, 1.82) is 0 Å². The Hall–Kier alpha value is -3.81. The Labute approximate surface area is 153 Å². The SMILES string of the molecule is NC(=O)c1cc(NC(=O)c2ccc(=O)n(Cc3ccccc3)n2)ccc1F. The second kappa shape index (κ2) is 7.61. The molecule has 3 rings (SSSR count). The monoisotopic (exact) mass is 366 g/mol. The molecule has 2 aromatic carbocycles. The van der Waals surface area contributed by atoms with E-state index in [1.54, 1.807) is 0 Å². The lowest BCUT2D eigenvalue weighted by molar-refractivity contribution is 0.0991. The number of nitrogens with one attached hydrogen (secondary N) is 1. The molecule has 0 atom stereocenters. The minimum Gasteiger partial charge on any atom is -0.366 e. The van der Waals surface area contributed by atoms with Crippen LogP contribution in [0, 0.1) is 5.82 Å². The molecule has 0 unspecified atom stereocenters. The number of carbonyl (C=O) groups is 2. The molecule has 0 fully saturated rings. The number of halogens is 1. The summed E-state index contributed by atoms with van der Waals surface area (Å²) in [6, 6.07) is 15.2. The van der Waals surface area contributed by atoms with Gasteiger partial charge in [-0.1, -0.05) is 30.3 Å². The number of hydrogen-bond acceptors (Lipinski definition) is 4. The first-order valence-corrected chi connectivity index (χ1v) is 7.97. The maximum atomic E-state index is 13.5. The largest absolute Gasteiger partial charge is 0.366 e. The first kappa shape index (κ1) is 18.0. The number of benzene rings is 2. The van der Waals surface area contributed by atoms with Crippen molar-refractivity contribution in [2.45, 2.75) is 6.54 Å². The lowest BCUT2D eigenvalue weighted by atomic mass is 10.1. The standard InChI is InChI=1S/C19H15FN4O3/c20-15-7-6-13(10-14(15)18(21)26)22-19(27)16-8-9-17(25)24(23-16)11-12-4-2-1-3-5-12/h1-10H,11H2,(H2,21,26)(H,22,27). The van der Waals surface area contributed by atoms with Gasteiger partial charge in [-0.15, -0.1) is 0 Å². The zero-order valence-electron chi connectivity index (χ0n) is 14.1. The van der Waals surface area contributed by atoms with Crippen molar-refractivity contribution < 1.29 is 14.0 Å². The highest BCUT2D eigenvalue weighted by atomic mass is 19.1. The zero-order chi connectivity index (χ0) is 19.4. The van der Waals surface area contributed by atoms with Crippen molar-refractivity contribution in [2.75, 3.05) is 5.32 Å². The minimum absolute atomic E-state index is 0.00418. The van der Waals surface area contributed by atoms with E-state index in [1.807, 2.05) is 30.3 Å². The summed E-state index contributed by atoms with van der Waals surface area (Å²) in [5.74, 6) is -2.34. The number of nitrogens with two attached hydrogens (primary N) is 1. The Bertz CT molecular complexity index is 1060. The van der Waals surface area contributed by atoms with E-state index in [9.17, 15) is 18.8 Å². The van der Waals surface area contributed by atoms with Gasteiger partial charge in [0.2, 0.25) is 0 Å². The van der Waals surface area contributed by atoms with Gasteiger partial charge in [0.15, 0.2) is 0 Å². The van der Waals surface area contributed by atoms with E-state index in [-0.39, 0.29) is 29.0 Å². The van der Waals surface area contributed by atoms with E-state index in [1.165, 1.54) is 22.9 Å². The number of nitrogens with zero attached hydrogens (tertiary/aromatic N) is 2. The van der Waals surface area contributed by atoms with Crippen molar-refractivity contribution in [3.8, 4) is 0 Å². The molecule has 1 heterocycles. The van der Waals surface area contributed by atoms with E-state index in [2.05, 4.69) is 10.4 Å². The molecule has 2 amide bonds. The average Bonchev–Trinajstić information content (AvgIpc) is 2.65. The molecule has 0 saturated carbocycles.